The first-order valence-electron chi connectivity index (χ1n) is 9.10. The summed E-state index contributed by atoms with van der Waals surface area (Å²) in [5.41, 5.74) is 4.64. The van der Waals surface area contributed by atoms with Crippen molar-refractivity contribution in [3.8, 4) is 22.4 Å². The van der Waals surface area contributed by atoms with Gasteiger partial charge in [0.15, 0.2) is 0 Å². The number of hydrogen-bond acceptors (Lipinski definition) is 3. The van der Waals surface area contributed by atoms with Crippen LogP contribution in [0.2, 0.25) is 0 Å². The fourth-order valence-electron chi connectivity index (χ4n) is 3.34. The summed E-state index contributed by atoms with van der Waals surface area (Å²) in [6, 6.07) is 25.6. The molecule has 0 saturated heterocycles. The predicted molar refractivity (Wildman–Crippen MR) is 116 cm³/mol. The molecule has 138 valence electrons. The lowest BCUT2D eigenvalue weighted by Gasteiger charge is -2.17. The second-order valence-electron chi connectivity index (χ2n) is 6.32. The molecular weight excluding hydrogens is 414 g/mol. The van der Waals surface area contributed by atoms with Gasteiger partial charge >= 0.3 is 5.97 Å². The molecule has 28 heavy (non-hydrogen) atoms. The Kier molecular flexibility index (Phi) is 5.22. The first kappa shape index (κ1) is 18.4. The van der Waals surface area contributed by atoms with Crippen molar-refractivity contribution in [3.63, 3.8) is 0 Å². The number of benzene rings is 3. The van der Waals surface area contributed by atoms with Crippen LogP contribution in [0.4, 0.5) is 0 Å². The molecule has 3 aromatic carbocycles. The second-order valence-corrected chi connectivity index (χ2v) is 7.24. The normalized spacial score (nSPS) is 10.8. The van der Waals surface area contributed by atoms with Crippen molar-refractivity contribution < 1.29 is 9.53 Å². The van der Waals surface area contributed by atoms with Gasteiger partial charge in [0, 0.05) is 21.0 Å². The third-order valence-corrected chi connectivity index (χ3v) is 5.08. The van der Waals surface area contributed by atoms with Gasteiger partial charge < -0.3 is 4.74 Å². The summed E-state index contributed by atoms with van der Waals surface area (Å²) in [5, 5.41) is 0.924. The third-order valence-electron chi connectivity index (χ3n) is 4.55. The highest BCUT2D eigenvalue weighted by molar-refractivity contribution is 9.10. The minimum Gasteiger partial charge on any atom is -0.462 e. The highest BCUT2D eigenvalue weighted by Crippen LogP contribution is 2.37. The molecule has 0 spiro atoms. The van der Waals surface area contributed by atoms with Crippen LogP contribution in [0, 0.1) is 0 Å². The number of carbonyl (C=O) groups excluding carboxylic acids is 1. The van der Waals surface area contributed by atoms with Crippen molar-refractivity contribution in [2.45, 2.75) is 6.92 Å². The summed E-state index contributed by atoms with van der Waals surface area (Å²) in [4.78, 5) is 17.9. The molecule has 0 bridgehead atoms. The number of pyridine rings is 1. The van der Waals surface area contributed by atoms with E-state index in [0.717, 1.165) is 32.1 Å². The molecule has 0 atom stereocenters. The van der Waals surface area contributed by atoms with Gasteiger partial charge in [0.25, 0.3) is 0 Å². The summed E-state index contributed by atoms with van der Waals surface area (Å²) in [5.74, 6) is -0.363. The van der Waals surface area contributed by atoms with Crippen LogP contribution in [0.5, 0.6) is 0 Å². The fourth-order valence-corrected chi connectivity index (χ4v) is 3.60. The van der Waals surface area contributed by atoms with Gasteiger partial charge in [0.05, 0.1) is 23.4 Å². The van der Waals surface area contributed by atoms with Gasteiger partial charge in [0.1, 0.15) is 0 Å². The van der Waals surface area contributed by atoms with Crippen LogP contribution in [-0.4, -0.2) is 17.6 Å². The van der Waals surface area contributed by atoms with Crippen molar-refractivity contribution in [2.75, 3.05) is 6.61 Å². The summed E-state index contributed by atoms with van der Waals surface area (Å²) >= 11 is 3.49. The number of carbonyl (C=O) groups is 1. The third kappa shape index (κ3) is 3.43. The van der Waals surface area contributed by atoms with Crippen molar-refractivity contribution in [2.24, 2.45) is 0 Å². The highest BCUT2D eigenvalue weighted by atomic mass is 79.9. The average molecular weight is 432 g/mol. The van der Waals surface area contributed by atoms with E-state index in [-0.39, 0.29) is 5.97 Å². The molecule has 0 unspecified atom stereocenters. The van der Waals surface area contributed by atoms with Crippen molar-refractivity contribution in [3.05, 3.63) is 88.9 Å². The maximum absolute atomic E-state index is 13.1. The Morgan fingerprint density at radius 1 is 0.893 bits per heavy atom. The van der Waals surface area contributed by atoms with E-state index < -0.39 is 0 Å². The molecule has 0 amide bonds. The van der Waals surface area contributed by atoms with E-state index in [1.165, 1.54) is 0 Å². The van der Waals surface area contributed by atoms with Crippen molar-refractivity contribution in [1.82, 2.24) is 4.98 Å². The van der Waals surface area contributed by atoms with Crippen molar-refractivity contribution >= 4 is 32.8 Å². The average Bonchev–Trinajstić information content (AvgIpc) is 2.74. The van der Waals surface area contributed by atoms with Crippen LogP contribution in [-0.2, 0) is 4.74 Å². The molecule has 1 heterocycles. The smallest absolute Gasteiger partial charge is 0.341 e. The molecule has 0 fully saturated rings. The Bertz CT molecular complexity index is 1140. The zero-order chi connectivity index (χ0) is 19.5. The van der Waals surface area contributed by atoms with Crippen molar-refractivity contribution in [1.29, 1.82) is 0 Å². The number of aromatic nitrogens is 1. The first-order valence-corrected chi connectivity index (χ1v) is 9.89. The van der Waals surface area contributed by atoms with Gasteiger partial charge in [-0.2, -0.15) is 0 Å². The predicted octanol–water partition coefficient (Wildman–Crippen LogP) is 6.51. The summed E-state index contributed by atoms with van der Waals surface area (Å²) in [6.07, 6.45) is 0. The number of ether oxygens (including phenoxy) is 1. The largest absolute Gasteiger partial charge is 0.462 e. The maximum atomic E-state index is 13.1. The Hall–Kier alpha value is -2.98. The van der Waals surface area contributed by atoms with Gasteiger partial charge in [-0.25, -0.2) is 9.78 Å². The zero-order valence-corrected chi connectivity index (χ0v) is 16.9. The first-order chi connectivity index (χ1) is 13.7. The number of esters is 1. The molecule has 4 heteroatoms. The Morgan fingerprint density at radius 3 is 2.29 bits per heavy atom. The topological polar surface area (TPSA) is 39.2 Å². The van der Waals surface area contributed by atoms with E-state index >= 15 is 0 Å². The number of rotatable bonds is 4. The van der Waals surface area contributed by atoms with Crippen LogP contribution in [0.25, 0.3) is 33.3 Å². The minimum atomic E-state index is -0.363. The lowest BCUT2D eigenvalue weighted by atomic mass is 9.92. The van der Waals surface area contributed by atoms with E-state index in [2.05, 4.69) is 15.9 Å². The Morgan fingerprint density at radius 2 is 1.57 bits per heavy atom. The van der Waals surface area contributed by atoms with Gasteiger partial charge in [-0.15, -0.1) is 0 Å². The molecule has 1 aromatic heterocycles. The number of fused-ring (bicyclic) bond motifs is 1. The SMILES string of the molecule is CCOC(=O)c1c(-c2ccccc2)nc2ccccc2c1-c1ccc(Br)cc1. The van der Waals surface area contributed by atoms with E-state index in [1.54, 1.807) is 0 Å². The molecule has 0 aliphatic heterocycles. The van der Waals surface area contributed by atoms with E-state index in [1.807, 2.05) is 85.8 Å². The molecule has 3 nitrogen and oxygen atoms in total. The molecule has 0 radical (unpaired) electrons. The Labute approximate surface area is 172 Å². The van der Waals surface area contributed by atoms with E-state index in [4.69, 9.17) is 9.72 Å². The van der Waals surface area contributed by atoms with E-state index in [9.17, 15) is 4.79 Å². The van der Waals surface area contributed by atoms with Crippen LogP contribution in [0.15, 0.2) is 83.3 Å². The molecular formula is C24H18BrNO2. The lowest BCUT2D eigenvalue weighted by Crippen LogP contribution is -2.10. The standard InChI is InChI=1S/C24H18BrNO2/c1-2-28-24(27)22-21(16-12-14-18(25)15-13-16)19-10-6-7-11-20(19)26-23(22)17-8-4-3-5-9-17/h3-15H,2H2,1H3. The molecule has 0 N–H and O–H groups in total. The molecule has 4 rings (SSSR count). The molecule has 0 aliphatic rings. The van der Waals surface area contributed by atoms with Crippen LogP contribution >= 0.6 is 15.9 Å². The molecule has 0 aliphatic carbocycles. The molecule has 0 saturated carbocycles. The lowest BCUT2D eigenvalue weighted by molar-refractivity contribution is 0.0528. The quantitative estimate of drug-likeness (QED) is 0.345. The van der Waals surface area contributed by atoms with Gasteiger partial charge in [-0.3, -0.25) is 0 Å². The molecule has 4 aromatic rings. The summed E-state index contributed by atoms with van der Waals surface area (Å²) in [7, 11) is 0. The second kappa shape index (κ2) is 7.95. The number of hydrogen-bond donors (Lipinski definition) is 0. The minimum absolute atomic E-state index is 0.305. The fraction of sp³-hybridized carbons (Fsp3) is 0.0833. The number of para-hydroxylation sites is 1. The highest BCUT2D eigenvalue weighted by Gasteiger charge is 2.24. The van der Waals surface area contributed by atoms with E-state index in [0.29, 0.717) is 17.9 Å². The monoisotopic (exact) mass is 431 g/mol. The Balaban J connectivity index is 2.13. The van der Waals surface area contributed by atoms with Crippen LogP contribution < -0.4 is 0 Å². The number of nitrogens with zero attached hydrogens (tertiary/aromatic N) is 1. The van der Waals surface area contributed by atoms with Gasteiger partial charge in [-0.05, 0) is 30.7 Å². The number of halogens is 1. The van der Waals surface area contributed by atoms with Gasteiger partial charge in [0.2, 0.25) is 0 Å². The maximum Gasteiger partial charge on any atom is 0.341 e. The summed E-state index contributed by atoms with van der Waals surface area (Å²) in [6.45, 7) is 2.12. The summed E-state index contributed by atoms with van der Waals surface area (Å²) < 4.78 is 6.42. The van der Waals surface area contributed by atoms with Gasteiger partial charge in [-0.1, -0.05) is 76.6 Å². The van der Waals surface area contributed by atoms with Crippen LogP contribution in [0.1, 0.15) is 17.3 Å². The zero-order valence-electron chi connectivity index (χ0n) is 15.4. The van der Waals surface area contributed by atoms with Crippen LogP contribution in [0.3, 0.4) is 0 Å².